The predicted molar refractivity (Wildman–Crippen MR) is 354 cm³/mol. The molecule has 0 fully saturated rings. The van der Waals surface area contributed by atoms with Crippen molar-refractivity contribution in [1.29, 1.82) is 0 Å². The fourth-order valence-electron chi connectivity index (χ4n) is 14.7. The zero-order chi connectivity index (χ0) is 56.8. The van der Waals surface area contributed by atoms with Crippen molar-refractivity contribution in [2.75, 3.05) is 14.7 Å². The minimum absolute atomic E-state index is 0.0637. The number of hydrogen-bond donors (Lipinski definition) is 0. The van der Waals surface area contributed by atoms with Gasteiger partial charge in [0.1, 0.15) is 0 Å². The van der Waals surface area contributed by atoms with Crippen LogP contribution in [0.15, 0.2) is 231 Å². The summed E-state index contributed by atoms with van der Waals surface area (Å²) in [4.78, 5) is 7.80. The maximum absolute atomic E-state index is 2.63. The van der Waals surface area contributed by atoms with E-state index in [4.69, 9.17) is 0 Å². The molecule has 11 aromatic carbocycles. The maximum atomic E-state index is 2.63. The summed E-state index contributed by atoms with van der Waals surface area (Å²) in [5.41, 5.74) is 34.6. The summed E-state index contributed by atoms with van der Waals surface area (Å²) in [5.74, 6) is 0. The lowest BCUT2D eigenvalue weighted by Crippen LogP contribution is -2.61. The average molecular weight is 1070 g/mol. The van der Waals surface area contributed by atoms with E-state index in [2.05, 4.69) is 314 Å². The molecule has 2 heterocycles. The normalized spacial score (nSPS) is 14.5. The highest BCUT2D eigenvalue weighted by molar-refractivity contribution is 7.00. The van der Waals surface area contributed by atoms with Gasteiger partial charge in [-0.05, 0) is 198 Å². The molecule has 0 aromatic heterocycles. The largest absolute Gasteiger partial charge is 0.311 e. The van der Waals surface area contributed by atoms with Crippen LogP contribution in [0.1, 0.15) is 93.0 Å². The Bertz CT molecular complexity index is 4390. The van der Waals surface area contributed by atoms with Gasteiger partial charge in [-0.1, -0.05) is 212 Å². The van der Waals surface area contributed by atoms with Crippen molar-refractivity contribution in [3.63, 3.8) is 0 Å². The van der Waals surface area contributed by atoms with E-state index in [0.29, 0.717) is 0 Å². The highest BCUT2D eigenvalue weighted by Gasteiger charge is 2.46. The Labute approximate surface area is 491 Å². The van der Waals surface area contributed by atoms with Gasteiger partial charge in [0.15, 0.2) is 0 Å². The average Bonchev–Trinajstić information content (AvgIpc) is 1.38. The van der Waals surface area contributed by atoms with Crippen molar-refractivity contribution in [3.05, 3.63) is 275 Å². The Morgan fingerprint density at radius 2 is 0.819 bits per heavy atom. The molecule has 2 aliphatic heterocycles. The molecule has 0 amide bonds. The zero-order valence-corrected chi connectivity index (χ0v) is 49.4. The monoisotopic (exact) mass is 1070 g/mol. The van der Waals surface area contributed by atoms with Gasteiger partial charge >= 0.3 is 0 Å². The van der Waals surface area contributed by atoms with Gasteiger partial charge in [0.2, 0.25) is 0 Å². The molecule has 0 N–H and O–H groups in total. The molecule has 15 rings (SSSR count). The van der Waals surface area contributed by atoms with Crippen molar-refractivity contribution < 1.29 is 0 Å². The molecular formula is C79H68BN3. The Morgan fingerprint density at radius 3 is 1.31 bits per heavy atom. The third-order valence-electron chi connectivity index (χ3n) is 19.1. The second kappa shape index (κ2) is 18.4. The fourth-order valence-corrected chi connectivity index (χ4v) is 14.7. The zero-order valence-electron chi connectivity index (χ0n) is 49.4. The van der Waals surface area contributed by atoms with E-state index in [1.165, 1.54) is 134 Å². The minimum atomic E-state index is -0.197. The van der Waals surface area contributed by atoms with Crippen LogP contribution >= 0.6 is 0 Å². The van der Waals surface area contributed by atoms with Crippen molar-refractivity contribution >= 4 is 74.3 Å². The standard InChI is InChI=1S/C79H68BN3/c1-49-41-74-76-75(42-49)83(58-35-38-63-61-26-18-20-28-65(61)79(9,10)67(63)47-58)73-48-59(81(70-43-54(31-29-50(70)2)52-21-13-11-14-22-52)71-44-55(32-30-51(71)3)53-23-15-12-16-24-53)36-40-69(73)80(76)68-39-33-56(77(4,5)6)45-72(68)82(74)57-34-37-62-60-25-17-19-27-64(60)78(7,8)66(62)46-57/h11-48H,1-10H3. The molecule has 0 atom stereocenters. The Kier molecular flexibility index (Phi) is 11.3. The molecule has 4 heteroatoms. The molecule has 4 aliphatic rings. The molecule has 0 unspecified atom stereocenters. The van der Waals surface area contributed by atoms with E-state index in [1.807, 2.05) is 0 Å². The number of fused-ring (bicyclic) bond motifs is 10. The number of hydrogen-bond acceptors (Lipinski definition) is 3. The third-order valence-corrected chi connectivity index (χ3v) is 19.1. The molecule has 83 heavy (non-hydrogen) atoms. The first-order valence-electron chi connectivity index (χ1n) is 29.7. The fraction of sp³-hybridized carbons (Fsp3) is 0.165. The lowest BCUT2D eigenvalue weighted by atomic mass is 9.33. The number of aryl methyl sites for hydroxylation is 3. The summed E-state index contributed by atoms with van der Waals surface area (Å²) >= 11 is 0. The Hall–Kier alpha value is -9.12. The van der Waals surface area contributed by atoms with E-state index in [9.17, 15) is 0 Å². The molecule has 0 radical (unpaired) electrons. The number of anilines is 9. The van der Waals surface area contributed by atoms with Crippen molar-refractivity contribution in [1.82, 2.24) is 0 Å². The van der Waals surface area contributed by atoms with Crippen LogP contribution in [0, 0.1) is 20.8 Å². The van der Waals surface area contributed by atoms with Crippen molar-refractivity contribution in [2.45, 2.75) is 85.5 Å². The van der Waals surface area contributed by atoms with Gasteiger partial charge in [0.05, 0.1) is 0 Å². The van der Waals surface area contributed by atoms with Crippen LogP contribution in [0.2, 0.25) is 0 Å². The lowest BCUT2D eigenvalue weighted by molar-refractivity contribution is 0.590. The quantitative estimate of drug-likeness (QED) is 0.147. The van der Waals surface area contributed by atoms with Crippen molar-refractivity contribution in [2.24, 2.45) is 0 Å². The molecular weight excluding hydrogens is 1000 g/mol. The summed E-state index contributed by atoms with van der Waals surface area (Å²) in [6.07, 6.45) is 0. The summed E-state index contributed by atoms with van der Waals surface area (Å²) in [5, 5.41) is 0. The van der Waals surface area contributed by atoms with E-state index in [1.54, 1.807) is 0 Å². The van der Waals surface area contributed by atoms with E-state index in [0.717, 1.165) is 22.7 Å². The van der Waals surface area contributed by atoms with Crippen molar-refractivity contribution in [3.8, 4) is 44.5 Å². The van der Waals surface area contributed by atoms with Crippen LogP contribution < -0.4 is 31.1 Å². The van der Waals surface area contributed by atoms with Crippen LogP contribution in [-0.4, -0.2) is 6.71 Å². The van der Waals surface area contributed by atoms with Gasteiger partial charge in [0.25, 0.3) is 6.71 Å². The van der Waals surface area contributed by atoms with Crippen LogP contribution in [-0.2, 0) is 16.2 Å². The molecule has 0 saturated carbocycles. The second-order valence-electron chi connectivity index (χ2n) is 26.0. The molecule has 2 aliphatic carbocycles. The minimum Gasteiger partial charge on any atom is -0.311 e. The second-order valence-corrected chi connectivity index (χ2v) is 26.0. The van der Waals surface area contributed by atoms with Gasteiger partial charge in [-0.2, -0.15) is 0 Å². The first-order valence-corrected chi connectivity index (χ1v) is 29.7. The first-order chi connectivity index (χ1) is 40.0. The van der Waals surface area contributed by atoms with Crippen LogP contribution in [0.4, 0.5) is 51.2 Å². The predicted octanol–water partition coefficient (Wildman–Crippen LogP) is 19.4. The maximum Gasteiger partial charge on any atom is 0.252 e. The number of nitrogens with zero attached hydrogens (tertiary/aromatic N) is 3. The SMILES string of the molecule is Cc1cc2c3c(c1)N(c1ccc4c(c1)C(C)(C)c1ccccc1-4)c1cc(C(C)(C)C)ccc1B3c1ccc(N(c3cc(-c4ccccc4)ccc3C)c3cc(-c4ccccc4)ccc3C)cc1N2c1ccc2c(c1)C(C)(C)c1ccccc1-2. The van der Waals surface area contributed by atoms with Crippen LogP contribution in [0.25, 0.3) is 44.5 Å². The van der Waals surface area contributed by atoms with E-state index >= 15 is 0 Å². The Morgan fingerprint density at radius 1 is 0.373 bits per heavy atom. The molecule has 11 aromatic rings. The van der Waals surface area contributed by atoms with E-state index < -0.39 is 0 Å². The van der Waals surface area contributed by atoms with E-state index in [-0.39, 0.29) is 23.0 Å². The molecule has 402 valence electrons. The molecule has 0 spiro atoms. The summed E-state index contributed by atoms with van der Waals surface area (Å²) in [7, 11) is 0. The molecule has 0 saturated heterocycles. The summed E-state index contributed by atoms with van der Waals surface area (Å²) < 4.78 is 0. The van der Waals surface area contributed by atoms with Gasteiger partial charge < -0.3 is 14.7 Å². The first kappa shape index (κ1) is 50.8. The van der Waals surface area contributed by atoms with Gasteiger partial charge in [-0.3, -0.25) is 0 Å². The third kappa shape index (κ3) is 7.79. The van der Waals surface area contributed by atoms with Gasteiger partial charge in [0, 0.05) is 62.0 Å². The number of benzene rings is 11. The number of rotatable bonds is 7. The van der Waals surface area contributed by atoms with Gasteiger partial charge in [-0.15, -0.1) is 0 Å². The summed E-state index contributed by atoms with van der Waals surface area (Å²) in [6.45, 7) is 23.4. The highest BCUT2D eigenvalue weighted by atomic mass is 15.2. The lowest BCUT2D eigenvalue weighted by Gasteiger charge is -2.45. The van der Waals surface area contributed by atoms with Crippen LogP contribution in [0.3, 0.4) is 0 Å². The van der Waals surface area contributed by atoms with Crippen LogP contribution in [0.5, 0.6) is 0 Å². The van der Waals surface area contributed by atoms with Gasteiger partial charge in [-0.25, -0.2) is 0 Å². The molecule has 3 nitrogen and oxygen atoms in total. The molecule has 0 bridgehead atoms. The Balaban J connectivity index is 1.01. The summed E-state index contributed by atoms with van der Waals surface area (Å²) in [6, 6.07) is 88.0. The highest BCUT2D eigenvalue weighted by Crippen LogP contribution is 2.55. The topological polar surface area (TPSA) is 9.72 Å². The smallest absolute Gasteiger partial charge is 0.252 e.